The molecule has 2 aromatic heterocycles. The van der Waals surface area contributed by atoms with Gasteiger partial charge in [-0.2, -0.15) is 0 Å². The number of rotatable bonds is 8. The number of ether oxygens (including phenoxy) is 1. The molecular formula is C21H23N5O2. The van der Waals surface area contributed by atoms with Crippen molar-refractivity contribution in [1.29, 1.82) is 0 Å². The van der Waals surface area contributed by atoms with Crippen LogP contribution in [-0.4, -0.2) is 46.2 Å². The molecule has 0 saturated carbocycles. The van der Waals surface area contributed by atoms with Crippen LogP contribution >= 0.6 is 0 Å². The van der Waals surface area contributed by atoms with E-state index in [0.29, 0.717) is 24.7 Å². The van der Waals surface area contributed by atoms with Crippen LogP contribution in [0.2, 0.25) is 0 Å². The van der Waals surface area contributed by atoms with Crippen molar-refractivity contribution in [2.45, 2.75) is 13.3 Å². The summed E-state index contributed by atoms with van der Waals surface area (Å²) in [6, 6.07) is 14.9. The van der Waals surface area contributed by atoms with Crippen molar-refractivity contribution in [1.82, 2.24) is 20.1 Å². The number of nitrogens with zero attached hydrogens (tertiary/aromatic N) is 4. The summed E-state index contributed by atoms with van der Waals surface area (Å²) in [6.45, 7) is 3.17. The molecule has 28 heavy (non-hydrogen) atoms. The number of likely N-dealkylation sites (N-methyl/N-ethyl adjacent to an activating group) is 1. The maximum absolute atomic E-state index is 12.5. The SMILES string of the molecule is CCOc1ccc(Nc2ccc(C(=O)N(C)CCc3ccncc3)nn2)cc1. The molecule has 0 spiro atoms. The Morgan fingerprint density at radius 3 is 2.43 bits per heavy atom. The molecule has 1 N–H and O–H groups in total. The largest absolute Gasteiger partial charge is 0.494 e. The van der Waals surface area contributed by atoms with Gasteiger partial charge in [0, 0.05) is 31.7 Å². The van der Waals surface area contributed by atoms with Crippen LogP contribution in [0.15, 0.2) is 60.9 Å². The van der Waals surface area contributed by atoms with E-state index in [1.165, 1.54) is 0 Å². The maximum Gasteiger partial charge on any atom is 0.274 e. The van der Waals surface area contributed by atoms with Crippen LogP contribution in [0.4, 0.5) is 11.5 Å². The highest BCUT2D eigenvalue weighted by atomic mass is 16.5. The lowest BCUT2D eigenvalue weighted by atomic mass is 10.2. The maximum atomic E-state index is 12.5. The van der Waals surface area contributed by atoms with Crippen LogP contribution < -0.4 is 10.1 Å². The first-order valence-corrected chi connectivity index (χ1v) is 9.13. The Hall–Kier alpha value is -3.48. The molecule has 144 valence electrons. The van der Waals surface area contributed by atoms with E-state index in [1.54, 1.807) is 36.5 Å². The van der Waals surface area contributed by atoms with E-state index in [0.717, 1.165) is 23.4 Å². The molecule has 0 bridgehead atoms. The van der Waals surface area contributed by atoms with Crippen molar-refractivity contribution in [3.63, 3.8) is 0 Å². The lowest BCUT2D eigenvalue weighted by Gasteiger charge is -2.16. The van der Waals surface area contributed by atoms with Gasteiger partial charge in [0.05, 0.1) is 6.61 Å². The monoisotopic (exact) mass is 377 g/mol. The van der Waals surface area contributed by atoms with Gasteiger partial charge in [0.15, 0.2) is 11.5 Å². The summed E-state index contributed by atoms with van der Waals surface area (Å²) in [4.78, 5) is 18.1. The molecule has 0 fully saturated rings. The molecule has 7 nitrogen and oxygen atoms in total. The van der Waals surface area contributed by atoms with Crippen LogP contribution in [0.3, 0.4) is 0 Å². The molecule has 2 heterocycles. The second-order valence-corrected chi connectivity index (χ2v) is 6.22. The molecule has 3 rings (SSSR count). The number of anilines is 2. The number of carbonyl (C=O) groups excluding carboxylic acids is 1. The third kappa shape index (κ3) is 5.26. The first kappa shape index (κ1) is 19.3. The summed E-state index contributed by atoms with van der Waals surface area (Å²) >= 11 is 0. The molecule has 0 radical (unpaired) electrons. The Morgan fingerprint density at radius 2 is 1.79 bits per heavy atom. The molecule has 3 aromatic rings. The molecule has 1 amide bonds. The van der Waals surface area contributed by atoms with Crippen molar-refractivity contribution >= 4 is 17.4 Å². The van der Waals surface area contributed by atoms with E-state index < -0.39 is 0 Å². The first-order valence-electron chi connectivity index (χ1n) is 9.13. The molecule has 0 atom stereocenters. The summed E-state index contributed by atoms with van der Waals surface area (Å²) in [5.41, 5.74) is 2.32. The zero-order valence-electron chi connectivity index (χ0n) is 16.0. The van der Waals surface area contributed by atoms with Crippen molar-refractivity contribution < 1.29 is 9.53 Å². The molecule has 1 aromatic carbocycles. The summed E-state index contributed by atoms with van der Waals surface area (Å²) < 4.78 is 5.42. The van der Waals surface area contributed by atoms with Gasteiger partial charge in [0.25, 0.3) is 5.91 Å². The van der Waals surface area contributed by atoms with E-state index in [-0.39, 0.29) is 5.91 Å². The number of hydrogen-bond acceptors (Lipinski definition) is 6. The van der Waals surface area contributed by atoms with Crippen molar-refractivity contribution in [3.05, 3.63) is 72.2 Å². The average molecular weight is 377 g/mol. The van der Waals surface area contributed by atoms with Crippen LogP contribution in [0.25, 0.3) is 0 Å². The smallest absolute Gasteiger partial charge is 0.274 e. The fourth-order valence-corrected chi connectivity index (χ4v) is 2.61. The summed E-state index contributed by atoms with van der Waals surface area (Å²) in [7, 11) is 1.76. The number of pyridine rings is 1. The van der Waals surface area contributed by atoms with Gasteiger partial charge >= 0.3 is 0 Å². The van der Waals surface area contributed by atoms with Crippen molar-refractivity contribution in [2.24, 2.45) is 0 Å². The Balaban J connectivity index is 1.56. The van der Waals surface area contributed by atoms with Gasteiger partial charge in [-0.15, -0.1) is 10.2 Å². The van der Waals surface area contributed by atoms with Crippen LogP contribution in [0, 0.1) is 0 Å². The second kappa shape index (κ2) is 9.45. The van der Waals surface area contributed by atoms with E-state index in [4.69, 9.17) is 4.74 Å². The third-order valence-corrected chi connectivity index (χ3v) is 4.15. The van der Waals surface area contributed by atoms with Crippen LogP contribution in [-0.2, 0) is 6.42 Å². The van der Waals surface area contributed by atoms with E-state index >= 15 is 0 Å². The number of benzene rings is 1. The summed E-state index contributed by atoms with van der Waals surface area (Å²) in [5, 5.41) is 11.3. The second-order valence-electron chi connectivity index (χ2n) is 6.22. The minimum Gasteiger partial charge on any atom is -0.494 e. The molecule has 0 aliphatic rings. The van der Waals surface area contributed by atoms with Gasteiger partial charge in [-0.05, 0) is 67.4 Å². The Kier molecular flexibility index (Phi) is 6.51. The Labute approximate surface area is 164 Å². The zero-order valence-corrected chi connectivity index (χ0v) is 16.0. The van der Waals surface area contributed by atoms with Gasteiger partial charge in [0.2, 0.25) is 0 Å². The quantitative estimate of drug-likeness (QED) is 0.649. The van der Waals surface area contributed by atoms with Gasteiger partial charge in [-0.1, -0.05) is 0 Å². The summed E-state index contributed by atoms with van der Waals surface area (Å²) in [5.74, 6) is 1.23. The van der Waals surface area contributed by atoms with Gasteiger partial charge in [-0.3, -0.25) is 9.78 Å². The Bertz CT molecular complexity index is 883. The van der Waals surface area contributed by atoms with Crippen LogP contribution in [0.5, 0.6) is 5.75 Å². The normalized spacial score (nSPS) is 10.4. The molecular weight excluding hydrogens is 354 g/mol. The Morgan fingerprint density at radius 1 is 1.04 bits per heavy atom. The number of nitrogens with one attached hydrogen (secondary N) is 1. The van der Waals surface area contributed by atoms with Gasteiger partial charge in [-0.25, -0.2) is 0 Å². The first-order chi connectivity index (χ1) is 13.7. The fraction of sp³-hybridized carbons (Fsp3) is 0.238. The van der Waals surface area contributed by atoms with Gasteiger partial charge < -0.3 is 15.0 Å². The lowest BCUT2D eigenvalue weighted by Crippen LogP contribution is -2.29. The van der Waals surface area contributed by atoms with Gasteiger partial charge in [0.1, 0.15) is 5.75 Å². The minimum absolute atomic E-state index is 0.158. The zero-order chi connectivity index (χ0) is 19.8. The third-order valence-electron chi connectivity index (χ3n) is 4.15. The standard InChI is InChI=1S/C21H23N5O2/c1-3-28-18-6-4-17(5-7-18)23-20-9-8-19(24-25-20)21(27)26(2)15-12-16-10-13-22-14-11-16/h4-11,13-14H,3,12,15H2,1-2H3,(H,23,25). The number of amides is 1. The van der Waals surface area contributed by atoms with Crippen molar-refractivity contribution in [3.8, 4) is 5.75 Å². The van der Waals surface area contributed by atoms with E-state index in [9.17, 15) is 4.79 Å². The fourth-order valence-electron chi connectivity index (χ4n) is 2.61. The van der Waals surface area contributed by atoms with E-state index in [1.807, 2.05) is 43.3 Å². The molecule has 0 aliphatic heterocycles. The summed E-state index contributed by atoms with van der Waals surface area (Å²) in [6.07, 6.45) is 4.26. The number of hydrogen-bond donors (Lipinski definition) is 1. The average Bonchev–Trinajstić information content (AvgIpc) is 2.74. The predicted octanol–water partition coefficient (Wildman–Crippen LogP) is 3.33. The lowest BCUT2D eigenvalue weighted by molar-refractivity contribution is 0.0789. The topological polar surface area (TPSA) is 80.2 Å². The molecule has 7 heteroatoms. The number of aromatic nitrogens is 3. The highest BCUT2D eigenvalue weighted by Gasteiger charge is 2.14. The molecule has 0 unspecified atom stereocenters. The molecule has 0 saturated heterocycles. The highest BCUT2D eigenvalue weighted by Crippen LogP contribution is 2.18. The van der Waals surface area contributed by atoms with Crippen LogP contribution in [0.1, 0.15) is 23.0 Å². The number of carbonyl (C=O) groups is 1. The van der Waals surface area contributed by atoms with Crippen molar-refractivity contribution in [2.75, 3.05) is 25.5 Å². The van der Waals surface area contributed by atoms with E-state index in [2.05, 4.69) is 20.5 Å². The minimum atomic E-state index is -0.158. The predicted molar refractivity (Wildman–Crippen MR) is 108 cm³/mol. The molecule has 0 aliphatic carbocycles. The highest BCUT2D eigenvalue weighted by molar-refractivity contribution is 5.92.